The fraction of sp³-hybridized carbons (Fsp3) is 0.304. The molecule has 0 saturated carbocycles. The van der Waals surface area contributed by atoms with E-state index in [4.69, 9.17) is 11.6 Å². The maximum absolute atomic E-state index is 13.4. The summed E-state index contributed by atoms with van der Waals surface area (Å²) in [5.74, 6) is -0.387. The predicted molar refractivity (Wildman–Crippen MR) is 121 cm³/mol. The van der Waals surface area contributed by atoms with Crippen LogP contribution in [0.2, 0.25) is 5.02 Å². The van der Waals surface area contributed by atoms with Crippen molar-refractivity contribution < 1.29 is 9.18 Å². The third-order valence-electron chi connectivity index (χ3n) is 5.49. The minimum atomic E-state index is -0.441. The van der Waals surface area contributed by atoms with Crippen molar-refractivity contribution in [2.24, 2.45) is 0 Å². The second-order valence-electron chi connectivity index (χ2n) is 7.59. The van der Waals surface area contributed by atoms with Crippen molar-refractivity contribution >= 4 is 23.2 Å². The molecule has 1 amide bonds. The molecule has 1 saturated heterocycles. The van der Waals surface area contributed by atoms with Crippen LogP contribution in [0.1, 0.15) is 12.8 Å². The summed E-state index contributed by atoms with van der Waals surface area (Å²) in [4.78, 5) is 32.8. The number of hydrogen-bond donors (Lipinski definition) is 0. The highest BCUT2D eigenvalue weighted by atomic mass is 35.5. The largest absolute Gasteiger partial charge is 0.368 e. The Kier molecular flexibility index (Phi) is 6.80. The fourth-order valence-electron chi connectivity index (χ4n) is 3.71. The predicted octanol–water partition coefficient (Wildman–Crippen LogP) is 3.23. The Bertz CT molecular complexity index is 1150. The van der Waals surface area contributed by atoms with Gasteiger partial charge in [0, 0.05) is 68.9 Å². The third-order valence-corrected chi connectivity index (χ3v) is 5.77. The molecule has 166 valence electrons. The van der Waals surface area contributed by atoms with Gasteiger partial charge in [0.1, 0.15) is 5.82 Å². The number of carbonyl (C=O) groups excluding carboxylic acids is 1. The van der Waals surface area contributed by atoms with Crippen molar-refractivity contribution in [3.8, 4) is 11.3 Å². The highest BCUT2D eigenvalue weighted by Gasteiger charge is 2.21. The zero-order valence-electron chi connectivity index (χ0n) is 17.5. The molecule has 0 aliphatic carbocycles. The second-order valence-corrected chi connectivity index (χ2v) is 8.00. The number of pyridine rings is 1. The second kappa shape index (κ2) is 9.91. The number of rotatable bonds is 6. The molecule has 7 nitrogen and oxygen atoms in total. The highest BCUT2D eigenvalue weighted by Crippen LogP contribution is 2.23. The van der Waals surface area contributed by atoms with E-state index in [0.29, 0.717) is 51.3 Å². The molecule has 0 unspecified atom stereocenters. The smallest absolute Gasteiger partial charge is 0.266 e. The zero-order chi connectivity index (χ0) is 22.5. The minimum Gasteiger partial charge on any atom is -0.368 e. The van der Waals surface area contributed by atoms with Crippen LogP contribution < -0.4 is 10.5 Å². The molecule has 0 atom stereocenters. The molecule has 32 heavy (non-hydrogen) atoms. The third kappa shape index (κ3) is 5.13. The number of nitrogens with zero attached hydrogens (tertiary/aromatic N) is 5. The van der Waals surface area contributed by atoms with Gasteiger partial charge in [-0.3, -0.25) is 14.6 Å². The molecular weight excluding hydrogens is 433 g/mol. The molecule has 2 aromatic heterocycles. The summed E-state index contributed by atoms with van der Waals surface area (Å²) in [7, 11) is 0. The van der Waals surface area contributed by atoms with Crippen LogP contribution in [0.15, 0.2) is 59.7 Å². The molecule has 3 heterocycles. The number of amides is 1. The lowest BCUT2D eigenvalue weighted by Gasteiger charge is -2.36. The first-order chi connectivity index (χ1) is 15.5. The van der Waals surface area contributed by atoms with Gasteiger partial charge in [0.25, 0.3) is 5.56 Å². The van der Waals surface area contributed by atoms with Crippen LogP contribution in [0.5, 0.6) is 0 Å². The Morgan fingerprint density at radius 3 is 2.62 bits per heavy atom. The van der Waals surface area contributed by atoms with E-state index in [1.54, 1.807) is 30.6 Å². The Labute approximate surface area is 190 Å². The van der Waals surface area contributed by atoms with Gasteiger partial charge in [-0.1, -0.05) is 11.6 Å². The molecule has 0 N–H and O–H groups in total. The highest BCUT2D eigenvalue weighted by molar-refractivity contribution is 6.31. The first-order valence-corrected chi connectivity index (χ1v) is 10.9. The lowest BCUT2D eigenvalue weighted by atomic mass is 10.2. The topological polar surface area (TPSA) is 71.3 Å². The molecule has 0 bridgehead atoms. The molecule has 0 spiro atoms. The van der Waals surface area contributed by atoms with Gasteiger partial charge in [0.15, 0.2) is 0 Å². The van der Waals surface area contributed by atoms with E-state index in [0.717, 1.165) is 11.3 Å². The Balaban J connectivity index is 1.29. The molecular formula is C23H23ClFN5O2. The summed E-state index contributed by atoms with van der Waals surface area (Å²) >= 11 is 5.88. The Hall–Kier alpha value is -3.26. The maximum Gasteiger partial charge on any atom is 0.266 e. The molecule has 4 rings (SSSR count). The summed E-state index contributed by atoms with van der Waals surface area (Å²) in [6, 6.07) is 11.5. The maximum atomic E-state index is 13.4. The Morgan fingerprint density at radius 2 is 1.91 bits per heavy atom. The van der Waals surface area contributed by atoms with Crippen molar-refractivity contribution in [2.75, 3.05) is 31.1 Å². The number of aromatic nitrogens is 3. The van der Waals surface area contributed by atoms with E-state index in [9.17, 15) is 14.0 Å². The lowest BCUT2D eigenvalue weighted by molar-refractivity contribution is -0.131. The monoisotopic (exact) mass is 455 g/mol. The van der Waals surface area contributed by atoms with Crippen LogP contribution in [0.3, 0.4) is 0 Å². The van der Waals surface area contributed by atoms with Crippen molar-refractivity contribution in [1.29, 1.82) is 0 Å². The fourth-order valence-corrected chi connectivity index (χ4v) is 3.89. The quantitative estimate of drug-likeness (QED) is 0.570. The van der Waals surface area contributed by atoms with Crippen molar-refractivity contribution in [3.05, 3.63) is 76.1 Å². The summed E-state index contributed by atoms with van der Waals surface area (Å²) in [5, 5.41) is 4.50. The average Bonchev–Trinajstić information content (AvgIpc) is 2.82. The first-order valence-electron chi connectivity index (χ1n) is 10.5. The minimum absolute atomic E-state index is 0.0539. The number of carbonyl (C=O) groups is 1. The first kappa shape index (κ1) is 22.0. The van der Waals surface area contributed by atoms with E-state index in [-0.39, 0.29) is 16.5 Å². The van der Waals surface area contributed by atoms with Crippen LogP contribution in [0.25, 0.3) is 11.3 Å². The summed E-state index contributed by atoms with van der Waals surface area (Å²) in [6.45, 7) is 2.85. The van der Waals surface area contributed by atoms with E-state index in [2.05, 4.69) is 15.0 Å². The van der Waals surface area contributed by atoms with Gasteiger partial charge in [-0.15, -0.1) is 0 Å². The molecule has 1 aromatic carbocycles. The average molecular weight is 456 g/mol. The number of halogens is 2. The molecule has 3 aromatic rings. The number of anilines is 1. The van der Waals surface area contributed by atoms with E-state index >= 15 is 0 Å². The zero-order valence-corrected chi connectivity index (χ0v) is 18.2. The summed E-state index contributed by atoms with van der Waals surface area (Å²) < 4.78 is 14.8. The lowest BCUT2D eigenvalue weighted by Crippen LogP contribution is -2.48. The van der Waals surface area contributed by atoms with Gasteiger partial charge in [-0.05, 0) is 42.8 Å². The number of hydrogen-bond acceptors (Lipinski definition) is 5. The molecule has 1 aliphatic heterocycles. The van der Waals surface area contributed by atoms with Crippen LogP contribution in [0.4, 0.5) is 10.1 Å². The van der Waals surface area contributed by atoms with Crippen LogP contribution >= 0.6 is 11.6 Å². The SMILES string of the molecule is O=C(CCCn1nc(-c2cccnc2)ccc1=O)N1CCN(c2ccc(F)c(Cl)c2)CC1. The van der Waals surface area contributed by atoms with Crippen molar-refractivity contribution in [1.82, 2.24) is 19.7 Å². The van der Waals surface area contributed by atoms with Gasteiger partial charge in [0.2, 0.25) is 5.91 Å². The van der Waals surface area contributed by atoms with E-state index in [1.807, 2.05) is 17.0 Å². The number of benzene rings is 1. The van der Waals surface area contributed by atoms with Gasteiger partial charge in [-0.2, -0.15) is 5.10 Å². The van der Waals surface area contributed by atoms with E-state index < -0.39 is 5.82 Å². The van der Waals surface area contributed by atoms with Crippen molar-refractivity contribution in [2.45, 2.75) is 19.4 Å². The van der Waals surface area contributed by atoms with Crippen LogP contribution in [-0.4, -0.2) is 51.8 Å². The van der Waals surface area contributed by atoms with Gasteiger partial charge in [-0.25, -0.2) is 9.07 Å². The standard InChI is InChI=1S/C23H23ClFN5O2/c24-19-15-18(5-6-20(19)25)28-11-13-29(14-12-28)22(31)4-2-10-30-23(32)8-7-21(27-30)17-3-1-9-26-16-17/h1,3,5-9,15-16H,2,4,10-14H2. The van der Waals surface area contributed by atoms with Gasteiger partial charge >= 0.3 is 0 Å². The van der Waals surface area contributed by atoms with E-state index in [1.165, 1.54) is 16.8 Å². The van der Waals surface area contributed by atoms with Crippen LogP contribution in [0, 0.1) is 5.82 Å². The van der Waals surface area contributed by atoms with Gasteiger partial charge in [0.05, 0.1) is 10.7 Å². The van der Waals surface area contributed by atoms with Gasteiger partial charge < -0.3 is 9.80 Å². The Morgan fingerprint density at radius 1 is 1.09 bits per heavy atom. The van der Waals surface area contributed by atoms with Crippen LogP contribution in [-0.2, 0) is 11.3 Å². The summed E-state index contributed by atoms with van der Waals surface area (Å²) in [5.41, 5.74) is 2.15. The number of piperazine rings is 1. The molecule has 9 heteroatoms. The van der Waals surface area contributed by atoms with Crippen molar-refractivity contribution in [3.63, 3.8) is 0 Å². The molecule has 0 radical (unpaired) electrons. The number of aryl methyl sites for hydroxylation is 1. The summed E-state index contributed by atoms with van der Waals surface area (Å²) in [6.07, 6.45) is 4.24. The molecule has 1 aliphatic rings. The normalized spacial score (nSPS) is 13.9. The molecule has 1 fully saturated rings.